The van der Waals surface area contributed by atoms with Crippen LogP contribution in [0.2, 0.25) is 0 Å². The van der Waals surface area contributed by atoms with E-state index in [1.165, 1.54) is 0 Å². The molecule has 0 saturated carbocycles. The molecular formula is C19H18N4OS. The van der Waals surface area contributed by atoms with Crippen LogP contribution in [0.5, 0.6) is 5.75 Å². The standard InChI is InChI=1S/C19H18N4OS/c1-23-12-11-20-18(23)17(13-7-3-5-9-15(13)24-2)22-19-21-14-8-4-6-10-16(14)25-19/h3-12,17H,1-2H3,(H,21,22). The highest BCUT2D eigenvalue weighted by atomic mass is 32.1. The van der Waals surface area contributed by atoms with Crippen molar-refractivity contribution in [1.82, 2.24) is 14.5 Å². The number of para-hydroxylation sites is 2. The summed E-state index contributed by atoms with van der Waals surface area (Å²) in [7, 11) is 3.68. The van der Waals surface area contributed by atoms with Gasteiger partial charge in [0.05, 0.1) is 17.3 Å². The number of fused-ring (bicyclic) bond motifs is 1. The minimum absolute atomic E-state index is 0.156. The van der Waals surface area contributed by atoms with Gasteiger partial charge in [-0.15, -0.1) is 0 Å². The Morgan fingerprint density at radius 2 is 1.92 bits per heavy atom. The van der Waals surface area contributed by atoms with Crippen molar-refractivity contribution in [2.24, 2.45) is 7.05 Å². The SMILES string of the molecule is COc1ccccc1C(Nc1nc2ccccc2s1)c1nccn1C. The molecule has 2 heterocycles. The molecule has 25 heavy (non-hydrogen) atoms. The van der Waals surface area contributed by atoms with E-state index in [0.29, 0.717) is 0 Å². The summed E-state index contributed by atoms with van der Waals surface area (Å²) < 4.78 is 8.73. The van der Waals surface area contributed by atoms with Crippen LogP contribution in [0, 0.1) is 0 Å². The quantitative estimate of drug-likeness (QED) is 0.585. The number of rotatable bonds is 5. The van der Waals surface area contributed by atoms with Gasteiger partial charge < -0.3 is 14.6 Å². The monoisotopic (exact) mass is 350 g/mol. The summed E-state index contributed by atoms with van der Waals surface area (Å²) >= 11 is 1.64. The third kappa shape index (κ3) is 2.96. The summed E-state index contributed by atoms with van der Waals surface area (Å²) in [6.07, 6.45) is 3.75. The number of methoxy groups -OCH3 is 1. The Morgan fingerprint density at radius 1 is 1.12 bits per heavy atom. The van der Waals surface area contributed by atoms with Gasteiger partial charge in [0.1, 0.15) is 17.6 Å². The molecule has 0 radical (unpaired) electrons. The van der Waals surface area contributed by atoms with Crippen molar-refractivity contribution in [1.29, 1.82) is 0 Å². The molecule has 1 unspecified atom stereocenters. The average Bonchev–Trinajstić information content (AvgIpc) is 3.25. The highest BCUT2D eigenvalue weighted by Gasteiger charge is 2.23. The Labute approximate surface area is 149 Å². The fourth-order valence-corrected chi connectivity index (χ4v) is 3.79. The van der Waals surface area contributed by atoms with Crippen LogP contribution >= 0.6 is 11.3 Å². The molecule has 0 amide bonds. The number of benzene rings is 2. The van der Waals surface area contributed by atoms with Crippen LogP contribution in [-0.2, 0) is 7.05 Å². The van der Waals surface area contributed by atoms with Gasteiger partial charge in [-0.05, 0) is 18.2 Å². The Kier molecular flexibility index (Phi) is 4.11. The number of aromatic nitrogens is 3. The molecule has 0 saturated heterocycles. The van der Waals surface area contributed by atoms with Crippen molar-refractivity contribution in [2.75, 3.05) is 12.4 Å². The zero-order valence-electron chi connectivity index (χ0n) is 14.0. The summed E-state index contributed by atoms with van der Waals surface area (Å²) in [5.74, 6) is 1.73. The predicted octanol–water partition coefficient (Wildman–Crippen LogP) is 4.24. The van der Waals surface area contributed by atoms with E-state index in [2.05, 4.69) is 22.4 Å². The molecule has 0 aliphatic heterocycles. The number of anilines is 1. The molecule has 126 valence electrons. The average molecular weight is 350 g/mol. The molecule has 4 aromatic rings. The normalized spacial score (nSPS) is 12.2. The van der Waals surface area contributed by atoms with Gasteiger partial charge in [0.15, 0.2) is 5.13 Å². The maximum absolute atomic E-state index is 5.57. The van der Waals surface area contributed by atoms with Crippen LogP contribution in [0.1, 0.15) is 17.4 Å². The van der Waals surface area contributed by atoms with Crippen LogP contribution in [0.3, 0.4) is 0 Å². The van der Waals surface area contributed by atoms with Gasteiger partial charge in [0.25, 0.3) is 0 Å². The number of ether oxygens (including phenoxy) is 1. The van der Waals surface area contributed by atoms with E-state index in [1.54, 1.807) is 24.6 Å². The molecule has 0 fully saturated rings. The number of hydrogen-bond donors (Lipinski definition) is 1. The van der Waals surface area contributed by atoms with Crippen molar-refractivity contribution in [3.8, 4) is 5.75 Å². The number of nitrogens with zero attached hydrogens (tertiary/aromatic N) is 3. The van der Waals surface area contributed by atoms with E-state index >= 15 is 0 Å². The lowest BCUT2D eigenvalue weighted by Gasteiger charge is -2.20. The van der Waals surface area contributed by atoms with Gasteiger partial charge in [-0.1, -0.05) is 41.7 Å². The molecular weight excluding hydrogens is 332 g/mol. The molecule has 1 N–H and O–H groups in total. The zero-order chi connectivity index (χ0) is 17.2. The highest BCUT2D eigenvalue weighted by molar-refractivity contribution is 7.22. The summed E-state index contributed by atoms with van der Waals surface area (Å²) in [6.45, 7) is 0. The van der Waals surface area contributed by atoms with Crippen molar-refractivity contribution in [3.63, 3.8) is 0 Å². The van der Waals surface area contributed by atoms with Crippen LogP contribution in [0.15, 0.2) is 60.9 Å². The zero-order valence-corrected chi connectivity index (χ0v) is 14.8. The first-order valence-electron chi connectivity index (χ1n) is 7.98. The third-order valence-corrected chi connectivity index (χ3v) is 5.10. The second kappa shape index (κ2) is 6.57. The van der Waals surface area contributed by atoms with Crippen LogP contribution in [0.25, 0.3) is 10.2 Å². The maximum Gasteiger partial charge on any atom is 0.184 e. The van der Waals surface area contributed by atoms with Gasteiger partial charge >= 0.3 is 0 Å². The molecule has 1 atom stereocenters. The summed E-state index contributed by atoms with van der Waals surface area (Å²) in [5.41, 5.74) is 2.02. The Bertz CT molecular complexity index is 974. The minimum atomic E-state index is -0.156. The Balaban J connectivity index is 1.79. The van der Waals surface area contributed by atoms with Gasteiger partial charge in [0, 0.05) is 25.0 Å². The molecule has 6 heteroatoms. The van der Waals surface area contributed by atoms with Crippen molar-refractivity contribution in [2.45, 2.75) is 6.04 Å². The second-order valence-corrected chi connectivity index (χ2v) is 6.73. The fraction of sp³-hybridized carbons (Fsp3) is 0.158. The van der Waals surface area contributed by atoms with E-state index < -0.39 is 0 Å². The number of aryl methyl sites for hydroxylation is 1. The first-order valence-corrected chi connectivity index (χ1v) is 8.80. The van der Waals surface area contributed by atoms with Crippen LogP contribution in [0.4, 0.5) is 5.13 Å². The highest BCUT2D eigenvalue weighted by Crippen LogP contribution is 2.34. The molecule has 2 aromatic carbocycles. The first-order chi connectivity index (χ1) is 12.3. The third-order valence-electron chi connectivity index (χ3n) is 4.13. The van der Waals surface area contributed by atoms with E-state index in [1.807, 2.05) is 54.2 Å². The molecule has 0 aliphatic rings. The van der Waals surface area contributed by atoms with Crippen molar-refractivity contribution in [3.05, 3.63) is 72.3 Å². The van der Waals surface area contributed by atoms with Crippen molar-refractivity contribution >= 4 is 26.7 Å². The van der Waals surface area contributed by atoms with Gasteiger partial charge in [-0.2, -0.15) is 0 Å². The largest absolute Gasteiger partial charge is 0.496 e. The second-order valence-electron chi connectivity index (χ2n) is 5.70. The molecule has 4 rings (SSSR count). The molecule has 5 nitrogen and oxygen atoms in total. The maximum atomic E-state index is 5.57. The number of imidazole rings is 1. The number of thiazole rings is 1. The fourth-order valence-electron chi connectivity index (χ4n) is 2.90. The van der Waals surface area contributed by atoms with Crippen LogP contribution in [-0.4, -0.2) is 21.6 Å². The summed E-state index contributed by atoms with van der Waals surface area (Å²) in [5, 5.41) is 4.41. The Morgan fingerprint density at radius 3 is 2.68 bits per heavy atom. The summed E-state index contributed by atoms with van der Waals surface area (Å²) in [6, 6.07) is 16.0. The number of nitrogens with one attached hydrogen (secondary N) is 1. The molecule has 0 aliphatic carbocycles. The van der Waals surface area contributed by atoms with Gasteiger partial charge in [0.2, 0.25) is 0 Å². The van der Waals surface area contributed by atoms with Crippen molar-refractivity contribution < 1.29 is 4.74 Å². The Hall–Kier alpha value is -2.86. The molecule has 0 spiro atoms. The number of hydrogen-bond acceptors (Lipinski definition) is 5. The predicted molar refractivity (Wildman–Crippen MR) is 101 cm³/mol. The molecule has 0 bridgehead atoms. The van der Waals surface area contributed by atoms with E-state index in [4.69, 9.17) is 9.72 Å². The first kappa shape index (κ1) is 15.7. The van der Waals surface area contributed by atoms with Gasteiger partial charge in [-0.3, -0.25) is 0 Å². The smallest absolute Gasteiger partial charge is 0.184 e. The summed E-state index contributed by atoms with van der Waals surface area (Å²) in [4.78, 5) is 9.24. The van der Waals surface area contributed by atoms with E-state index in [-0.39, 0.29) is 6.04 Å². The lowest BCUT2D eigenvalue weighted by atomic mass is 10.1. The molecule has 2 aromatic heterocycles. The van der Waals surface area contributed by atoms with E-state index in [9.17, 15) is 0 Å². The van der Waals surface area contributed by atoms with Gasteiger partial charge in [-0.25, -0.2) is 9.97 Å². The lowest BCUT2D eigenvalue weighted by molar-refractivity contribution is 0.408. The minimum Gasteiger partial charge on any atom is -0.496 e. The topological polar surface area (TPSA) is 52.0 Å². The van der Waals surface area contributed by atoms with Crippen LogP contribution < -0.4 is 10.1 Å². The lowest BCUT2D eigenvalue weighted by Crippen LogP contribution is -2.17. The van der Waals surface area contributed by atoms with E-state index in [0.717, 1.165) is 32.5 Å².